The molecule has 1 N–H and O–H groups in total. The third kappa shape index (κ3) is 5.06. The van der Waals surface area contributed by atoms with Crippen molar-refractivity contribution in [2.75, 3.05) is 25.5 Å². The summed E-state index contributed by atoms with van der Waals surface area (Å²) < 4.78 is 17.6. The van der Waals surface area contributed by atoms with E-state index in [1.165, 1.54) is 0 Å². The van der Waals surface area contributed by atoms with Gasteiger partial charge in [-0.2, -0.15) is 0 Å². The van der Waals surface area contributed by atoms with Gasteiger partial charge in [0.15, 0.2) is 0 Å². The molecule has 3 nitrogen and oxygen atoms in total. The van der Waals surface area contributed by atoms with Gasteiger partial charge in [0.1, 0.15) is 0 Å². The molecule has 0 bridgehead atoms. The van der Waals surface area contributed by atoms with Crippen molar-refractivity contribution >= 4 is 10.8 Å². The minimum absolute atomic E-state index is 0.309. The van der Waals surface area contributed by atoms with Crippen molar-refractivity contribution in [2.45, 2.75) is 51.3 Å². The monoisotopic (exact) mass is 261 g/mol. The van der Waals surface area contributed by atoms with Crippen molar-refractivity contribution in [3.63, 3.8) is 0 Å². The molecule has 4 atom stereocenters. The van der Waals surface area contributed by atoms with Crippen LogP contribution in [0.4, 0.5) is 0 Å². The van der Waals surface area contributed by atoms with Gasteiger partial charge in [0.25, 0.3) is 0 Å². The highest BCUT2D eigenvalue weighted by Crippen LogP contribution is 2.18. The van der Waals surface area contributed by atoms with Gasteiger partial charge in [-0.15, -0.1) is 0 Å². The second kappa shape index (κ2) is 8.22. The second-order valence-corrected chi connectivity index (χ2v) is 6.85. The van der Waals surface area contributed by atoms with E-state index < -0.39 is 10.8 Å². The van der Waals surface area contributed by atoms with E-state index in [9.17, 15) is 4.21 Å². The molecular weight excluding hydrogens is 234 g/mol. The maximum Gasteiger partial charge on any atom is 0.0510 e. The summed E-state index contributed by atoms with van der Waals surface area (Å²) >= 11 is 0. The molecule has 102 valence electrons. The highest BCUT2D eigenvalue weighted by atomic mass is 32.2. The van der Waals surface area contributed by atoms with E-state index in [0.29, 0.717) is 17.2 Å². The van der Waals surface area contributed by atoms with Gasteiger partial charge in [-0.25, -0.2) is 0 Å². The van der Waals surface area contributed by atoms with Crippen LogP contribution < -0.4 is 5.32 Å². The van der Waals surface area contributed by atoms with E-state index in [4.69, 9.17) is 4.74 Å². The van der Waals surface area contributed by atoms with E-state index in [0.717, 1.165) is 44.8 Å². The molecule has 1 saturated heterocycles. The summed E-state index contributed by atoms with van der Waals surface area (Å²) in [6, 6.07) is 0.368. The maximum absolute atomic E-state index is 12.1. The van der Waals surface area contributed by atoms with E-state index >= 15 is 0 Å². The van der Waals surface area contributed by atoms with Crippen molar-refractivity contribution in [2.24, 2.45) is 5.92 Å². The average molecular weight is 261 g/mol. The molecule has 1 fully saturated rings. The van der Waals surface area contributed by atoms with Crippen LogP contribution in [0.1, 0.15) is 40.0 Å². The summed E-state index contributed by atoms with van der Waals surface area (Å²) in [5.41, 5.74) is 0. The Balaban J connectivity index is 2.47. The van der Waals surface area contributed by atoms with Gasteiger partial charge in [0.2, 0.25) is 0 Å². The maximum atomic E-state index is 12.1. The molecule has 0 aliphatic carbocycles. The van der Waals surface area contributed by atoms with E-state index in [1.807, 2.05) is 0 Å². The minimum Gasteiger partial charge on any atom is -0.381 e. The Hall–Kier alpha value is 0.0700. The minimum atomic E-state index is -0.712. The van der Waals surface area contributed by atoms with Gasteiger partial charge in [-0.05, 0) is 25.8 Å². The first kappa shape index (κ1) is 15.1. The predicted octanol–water partition coefficient (Wildman–Crippen LogP) is 1.94. The average Bonchev–Trinajstić information content (AvgIpc) is 2.86. The first-order valence-corrected chi connectivity index (χ1v) is 8.25. The van der Waals surface area contributed by atoms with Crippen molar-refractivity contribution in [1.29, 1.82) is 0 Å². The molecule has 0 aromatic heterocycles. The first-order chi connectivity index (χ1) is 8.19. The summed E-state index contributed by atoms with van der Waals surface area (Å²) in [4.78, 5) is 0. The van der Waals surface area contributed by atoms with Gasteiger partial charge >= 0.3 is 0 Å². The van der Waals surface area contributed by atoms with Crippen molar-refractivity contribution in [1.82, 2.24) is 5.32 Å². The van der Waals surface area contributed by atoms with E-state index in [-0.39, 0.29) is 0 Å². The summed E-state index contributed by atoms with van der Waals surface area (Å²) in [6.45, 7) is 9.07. The van der Waals surface area contributed by atoms with Crippen LogP contribution in [0.25, 0.3) is 0 Å². The Labute approximate surface area is 108 Å². The van der Waals surface area contributed by atoms with Crippen LogP contribution in [-0.2, 0) is 15.5 Å². The normalized spacial score (nSPS) is 25.7. The lowest BCUT2D eigenvalue weighted by atomic mass is 10.0. The topological polar surface area (TPSA) is 38.3 Å². The fourth-order valence-corrected chi connectivity index (χ4v) is 3.53. The Morgan fingerprint density at radius 2 is 2.24 bits per heavy atom. The fourth-order valence-electron chi connectivity index (χ4n) is 2.09. The molecule has 0 spiro atoms. The zero-order valence-electron chi connectivity index (χ0n) is 11.4. The van der Waals surface area contributed by atoms with E-state index in [1.54, 1.807) is 0 Å². The summed E-state index contributed by atoms with van der Waals surface area (Å²) in [6.07, 6.45) is 3.23. The van der Waals surface area contributed by atoms with Crippen LogP contribution in [-0.4, -0.2) is 41.0 Å². The van der Waals surface area contributed by atoms with Gasteiger partial charge < -0.3 is 10.1 Å². The largest absolute Gasteiger partial charge is 0.381 e. The van der Waals surface area contributed by atoms with Crippen LogP contribution in [0.2, 0.25) is 0 Å². The van der Waals surface area contributed by atoms with Crippen molar-refractivity contribution in [3.8, 4) is 0 Å². The number of hydrogen-bond acceptors (Lipinski definition) is 3. The van der Waals surface area contributed by atoms with Crippen LogP contribution in [0, 0.1) is 5.92 Å². The number of hydrogen-bond donors (Lipinski definition) is 1. The zero-order chi connectivity index (χ0) is 12.7. The molecule has 1 rings (SSSR count). The molecule has 0 aromatic rings. The van der Waals surface area contributed by atoms with E-state index in [2.05, 4.69) is 26.1 Å². The molecular formula is C13H27NO2S. The van der Waals surface area contributed by atoms with Gasteiger partial charge in [0.05, 0.1) is 6.61 Å². The lowest BCUT2D eigenvalue weighted by Crippen LogP contribution is -2.42. The molecule has 1 aliphatic heterocycles. The van der Waals surface area contributed by atoms with Gasteiger partial charge in [-0.3, -0.25) is 4.21 Å². The summed E-state index contributed by atoms with van der Waals surface area (Å²) in [5, 5.41) is 3.86. The Morgan fingerprint density at radius 1 is 1.47 bits per heavy atom. The molecule has 0 saturated carbocycles. The van der Waals surface area contributed by atoms with Gasteiger partial charge in [-0.1, -0.05) is 20.8 Å². The number of ether oxygens (including phenoxy) is 1. The standard InChI is InChI=1S/C13H27NO2S/c1-4-7-14-13(12-6-8-16-9-12)10-17(15)11(3)5-2/h11-14H,4-10H2,1-3H3. The second-order valence-electron chi connectivity index (χ2n) is 4.95. The first-order valence-electron chi connectivity index (χ1n) is 6.87. The Morgan fingerprint density at radius 3 is 2.76 bits per heavy atom. The molecule has 4 heteroatoms. The summed E-state index contributed by atoms with van der Waals surface area (Å²) in [5.74, 6) is 1.33. The number of rotatable bonds is 8. The highest BCUT2D eigenvalue weighted by molar-refractivity contribution is 7.85. The fraction of sp³-hybridized carbons (Fsp3) is 1.00. The lowest BCUT2D eigenvalue weighted by Gasteiger charge is -2.24. The van der Waals surface area contributed by atoms with Crippen LogP contribution in [0.15, 0.2) is 0 Å². The molecule has 4 unspecified atom stereocenters. The molecule has 17 heavy (non-hydrogen) atoms. The quantitative estimate of drug-likeness (QED) is 0.725. The summed E-state index contributed by atoms with van der Waals surface area (Å²) in [7, 11) is -0.712. The van der Waals surface area contributed by atoms with Crippen LogP contribution >= 0.6 is 0 Å². The Bertz CT molecular complexity index is 229. The SMILES string of the molecule is CCCNC(CS(=O)C(C)CC)C1CCOC1. The third-order valence-electron chi connectivity index (χ3n) is 3.56. The molecule has 1 heterocycles. The highest BCUT2D eigenvalue weighted by Gasteiger charge is 2.27. The van der Waals surface area contributed by atoms with Crippen LogP contribution in [0.3, 0.4) is 0 Å². The molecule has 1 aliphatic rings. The predicted molar refractivity (Wildman–Crippen MR) is 73.8 cm³/mol. The number of nitrogens with one attached hydrogen (secondary N) is 1. The third-order valence-corrected chi connectivity index (χ3v) is 5.48. The Kier molecular flexibility index (Phi) is 7.32. The van der Waals surface area contributed by atoms with Crippen molar-refractivity contribution in [3.05, 3.63) is 0 Å². The smallest absolute Gasteiger partial charge is 0.0510 e. The van der Waals surface area contributed by atoms with Crippen LogP contribution in [0.5, 0.6) is 0 Å². The lowest BCUT2D eigenvalue weighted by molar-refractivity contribution is 0.179. The van der Waals surface area contributed by atoms with Gasteiger partial charge in [0, 0.05) is 40.4 Å². The zero-order valence-corrected chi connectivity index (χ0v) is 12.2. The molecule has 0 radical (unpaired) electrons. The molecule has 0 amide bonds. The van der Waals surface area contributed by atoms with Crippen molar-refractivity contribution < 1.29 is 8.95 Å². The molecule has 0 aromatic carbocycles.